The summed E-state index contributed by atoms with van der Waals surface area (Å²) in [6, 6.07) is 8.17. The van der Waals surface area contributed by atoms with E-state index in [0.29, 0.717) is 24.8 Å². The number of hydrogen-bond acceptors (Lipinski definition) is 4. The first-order valence-electron chi connectivity index (χ1n) is 6.58. The molecule has 0 radical (unpaired) electrons. The number of carbonyl (C=O) groups excluding carboxylic acids is 1. The Balaban J connectivity index is 2.28. The van der Waals surface area contributed by atoms with Crippen LogP contribution in [0.4, 0.5) is 5.82 Å². The lowest BCUT2D eigenvalue weighted by Crippen LogP contribution is -2.10. The summed E-state index contributed by atoms with van der Waals surface area (Å²) in [4.78, 5) is 16.0. The molecule has 0 aliphatic carbocycles. The molecule has 2 aromatic rings. The molecule has 106 valence electrons. The van der Waals surface area contributed by atoms with Gasteiger partial charge in [0.2, 0.25) is 0 Å². The molecule has 0 aliphatic heterocycles. The predicted octanol–water partition coefficient (Wildman–Crippen LogP) is 2.31. The summed E-state index contributed by atoms with van der Waals surface area (Å²) < 4.78 is 6.76. The van der Waals surface area contributed by atoms with Crippen LogP contribution in [0.25, 0.3) is 0 Å². The van der Waals surface area contributed by atoms with Crippen LogP contribution in [0.1, 0.15) is 34.4 Å². The molecule has 0 spiro atoms. The van der Waals surface area contributed by atoms with E-state index >= 15 is 0 Å². The van der Waals surface area contributed by atoms with Crippen molar-refractivity contribution < 1.29 is 9.53 Å². The number of benzene rings is 1. The van der Waals surface area contributed by atoms with Crippen molar-refractivity contribution in [2.75, 3.05) is 12.3 Å². The SMILES string of the molecule is CCOC(=O)c1nc(C)n(Cc2ccc(C)cc2)c1N. The van der Waals surface area contributed by atoms with Crippen LogP contribution in [0.3, 0.4) is 0 Å². The first-order chi connectivity index (χ1) is 9.52. The number of aryl methyl sites for hydroxylation is 2. The van der Waals surface area contributed by atoms with E-state index in [1.807, 2.05) is 42.7 Å². The molecule has 5 nitrogen and oxygen atoms in total. The molecule has 2 N–H and O–H groups in total. The van der Waals surface area contributed by atoms with Crippen molar-refractivity contribution in [2.24, 2.45) is 0 Å². The molecule has 1 aromatic heterocycles. The zero-order chi connectivity index (χ0) is 14.7. The third-order valence-corrected chi connectivity index (χ3v) is 3.13. The van der Waals surface area contributed by atoms with E-state index in [9.17, 15) is 4.79 Å². The van der Waals surface area contributed by atoms with Gasteiger partial charge in [-0.05, 0) is 26.3 Å². The number of aromatic nitrogens is 2. The Bertz CT molecular complexity index is 615. The van der Waals surface area contributed by atoms with Gasteiger partial charge in [-0.25, -0.2) is 9.78 Å². The van der Waals surface area contributed by atoms with E-state index in [0.717, 1.165) is 5.56 Å². The van der Waals surface area contributed by atoms with Gasteiger partial charge in [-0.15, -0.1) is 0 Å². The molecule has 0 saturated carbocycles. The first kappa shape index (κ1) is 14.1. The number of carbonyl (C=O) groups is 1. The van der Waals surface area contributed by atoms with E-state index in [4.69, 9.17) is 10.5 Å². The van der Waals surface area contributed by atoms with E-state index < -0.39 is 5.97 Å². The normalized spacial score (nSPS) is 10.6. The fourth-order valence-corrected chi connectivity index (χ4v) is 2.01. The highest BCUT2D eigenvalue weighted by atomic mass is 16.5. The van der Waals surface area contributed by atoms with Gasteiger partial charge in [0.05, 0.1) is 13.2 Å². The number of ether oxygens (including phenoxy) is 1. The summed E-state index contributed by atoms with van der Waals surface area (Å²) in [7, 11) is 0. The summed E-state index contributed by atoms with van der Waals surface area (Å²) in [6.45, 7) is 6.52. The number of nitrogens with two attached hydrogens (primary N) is 1. The summed E-state index contributed by atoms with van der Waals surface area (Å²) in [5.74, 6) is 0.573. The van der Waals surface area contributed by atoms with Gasteiger partial charge >= 0.3 is 5.97 Å². The minimum absolute atomic E-state index is 0.191. The first-order valence-corrected chi connectivity index (χ1v) is 6.58. The Morgan fingerprint density at radius 2 is 1.95 bits per heavy atom. The Morgan fingerprint density at radius 3 is 2.55 bits per heavy atom. The Labute approximate surface area is 118 Å². The van der Waals surface area contributed by atoms with Gasteiger partial charge in [-0.2, -0.15) is 0 Å². The lowest BCUT2D eigenvalue weighted by atomic mass is 10.1. The largest absolute Gasteiger partial charge is 0.461 e. The molecule has 0 saturated heterocycles. The molecule has 0 fully saturated rings. The number of anilines is 1. The van der Waals surface area contributed by atoms with Crippen molar-refractivity contribution >= 4 is 11.8 Å². The van der Waals surface area contributed by atoms with Crippen molar-refractivity contribution in [3.05, 3.63) is 46.9 Å². The van der Waals surface area contributed by atoms with E-state index in [1.165, 1.54) is 5.56 Å². The smallest absolute Gasteiger partial charge is 0.360 e. The standard InChI is InChI=1S/C15H19N3O2/c1-4-20-15(19)13-14(16)18(11(3)17-13)9-12-7-5-10(2)6-8-12/h5-8H,4,9,16H2,1-3H3. The van der Waals surface area contributed by atoms with Crippen LogP contribution >= 0.6 is 0 Å². The van der Waals surface area contributed by atoms with Crippen LogP contribution in [-0.4, -0.2) is 22.1 Å². The minimum Gasteiger partial charge on any atom is -0.461 e. The molecule has 0 aliphatic rings. The quantitative estimate of drug-likeness (QED) is 0.868. The Kier molecular flexibility index (Phi) is 4.08. The number of esters is 1. The second-order valence-electron chi connectivity index (χ2n) is 4.69. The monoisotopic (exact) mass is 273 g/mol. The minimum atomic E-state index is -0.476. The molecule has 0 unspecified atom stereocenters. The van der Waals surface area contributed by atoms with Crippen molar-refractivity contribution in [1.29, 1.82) is 0 Å². The maximum Gasteiger partial charge on any atom is 0.360 e. The topological polar surface area (TPSA) is 70.1 Å². The van der Waals surface area contributed by atoms with Gasteiger partial charge in [-0.1, -0.05) is 29.8 Å². The number of imidazole rings is 1. The zero-order valence-corrected chi connectivity index (χ0v) is 12.0. The van der Waals surface area contributed by atoms with Crippen molar-refractivity contribution in [2.45, 2.75) is 27.3 Å². The van der Waals surface area contributed by atoms with Crippen molar-refractivity contribution in [3.63, 3.8) is 0 Å². The lowest BCUT2D eigenvalue weighted by molar-refractivity contribution is 0.0521. The second-order valence-corrected chi connectivity index (χ2v) is 4.69. The molecule has 1 aromatic carbocycles. The maximum atomic E-state index is 11.8. The van der Waals surface area contributed by atoms with Crippen molar-refractivity contribution in [1.82, 2.24) is 9.55 Å². The van der Waals surface area contributed by atoms with Crippen LogP contribution in [0.5, 0.6) is 0 Å². The van der Waals surface area contributed by atoms with Gasteiger partial charge in [-0.3, -0.25) is 0 Å². The average Bonchev–Trinajstić information content (AvgIpc) is 2.69. The van der Waals surface area contributed by atoms with Gasteiger partial charge in [0, 0.05) is 0 Å². The summed E-state index contributed by atoms with van der Waals surface area (Å²) in [6.07, 6.45) is 0. The molecular weight excluding hydrogens is 254 g/mol. The van der Waals surface area contributed by atoms with Gasteiger partial charge in [0.15, 0.2) is 5.69 Å². The average molecular weight is 273 g/mol. The molecular formula is C15H19N3O2. The molecule has 20 heavy (non-hydrogen) atoms. The fourth-order valence-electron chi connectivity index (χ4n) is 2.01. The highest BCUT2D eigenvalue weighted by molar-refractivity contribution is 5.92. The van der Waals surface area contributed by atoms with Crippen LogP contribution in [0, 0.1) is 13.8 Å². The summed E-state index contributed by atoms with van der Waals surface area (Å²) in [5.41, 5.74) is 8.52. The lowest BCUT2D eigenvalue weighted by Gasteiger charge is -2.08. The van der Waals surface area contributed by atoms with E-state index in [1.54, 1.807) is 6.92 Å². The molecule has 0 atom stereocenters. The van der Waals surface area contributed by atoms with Gasteiger partial charge in [0.25, 0.3) is 0 Å². The molecule has 0 amide bonds. The molecule has 2 rings (SSSR count). The second kappa shape index (κ2) is 5.77. The van der Waals surface area contributed by atoms with Crippen LogP contribution < -0.4 is 5.73 Å². The van der Waals surface area contributed by atoms with Crippen molar-refractivity contribution in [3.8, 4) is 0 Å². The number of nitrogens with zero attached hydrogens (tertiary/aromatic N) is 2. The highest BCUT2D eigenvalue weighted by Gasteiger charge is 2.19. The number of nitrogen functional groups attached to an aromatic ring is 1. The van der Waals surface area contributed by atoms with Crippen LogP contribution in [0.15, 0.2) is 24.3 Å². The van der Waals surface area contributed by atoms with E-state index in [2.05, 4.69) is 4.98 Å². The third-order valence-electron chi connectivity index (χ3n) is 3.13. The van der Waals surface area contributed by atoms with Crippen LogP contribution in [0.2, 0.25) is 0 Å². The van der Waals surface area contributed by atoms with Gasteiger partial charge < -0.3 is 15.0 Å². The summed E-state index contributed by atoms with van der Waals surface area (Å²) >= 11 is 0. The Morgan fingerprint density at radius 1 is 1.30 bits per heavy atom. The number of rotatable bonds is 4. The van der Waals surface area contributed by atoms with Gasteiger partial charge in [0.1, 0.15) is 11.6 Å². The molecule has 0 bridgehead atoms. The Hall–Kier alpha value is -2.30. The third kappa shape index (κ3) is 2.82. The number of hydrogen-bond donors (Lipinski definition) is 1. The molecule has 5 heteroatoms. The zero-order valence-electron chi connectivity index (χ0n) is 12.0. The maximum absolute atomic E-state index is 11.8. The fraction of sp³-hybridized carbons (Fsp3) is 0.333. The van der Waals surface area contributed by atoms with E-state index in [-0.39, 0.29) is 5.69 Å². The summed E-state index contributed by atoms with van der Waals surface area (Å²) in [5, 5.41) is 0. The predicted molar refractivity (Wildman–Crippen MR) is 77.6 cm³/mol. The van der Waals surface area contributed by atoms with Crippen LogP contribution in [-0.2, 0) is 11.3 Å². The molecule has 1 heterocycles. The highest BCUT2D eigenvalue weighted by Crippen LogP contribution is 2.17.